The molecule has 2 aromatic rings. The Morgan fingerprint density at radius 2 is 1.86 bits per heavy atom. The van der Waals surface area contributed by atoms with Crippen LogP contribution in [0.2, 0.25) is 0 Å². The highest BCUT2D eigenvalue weighted by Gasteiger charge is 2.30. The molecule has 3 heteroatoms. The largest absolute Gasteiger partial charge is 0.481 e. The Balaban J connectivity index is 1.51. The van der Waals surface area contributed by atoms with E-state index >= 15 is 0 Å². The molecule has 150 valence electrons. The molecular weight excluding hydrogens is 344 g/mol. The van der Waals surface area contributed by atoms with Crippen molar-refractivity contribution >= 4 is 0 Å². The van der Waals surface area contributed by atoms with Gasteiger partial charge in [-0.05, 0) is 66.7 Å². The number of hydrogen-bond donors (Lipinski definition) is 0. The third-order valence-corrected chi connectivity index (χ3v) is 6.60. The Kier molecular flexibility index (Phi) is 5.73. The van der Waals surface area contributed by atoms with Crippen LogP contribution in [-0.2, 0) is 6.54 Å². The second-order valence-corrected chi connectivity index (χ2v) is 9.07. The molecule has 3 nitrogen and oxygen atoms in total. The number of piperidine rings is 1. The number of likely N-dealkylation sites (tertiary alicyclic amines) is 1. The maximum atomic E-state index is 5.60. The molecule has 1 aliphatic carbocycles. The minimum Gasteiger partial charge on any atom is -0.481 e. The maximum absolute atomic E-state index is 5.60. The monoisotopic (exact) mass is 378 g/mol. The summed E-state index contributed by atoms with van der Waals surface area (Å²) in [6.07, 6.45) is 3.80. The zero-order valence-electron chi connectivity index (χ0n) is 17.8. The summed E-state index contributed by atoms with van der Waals surface area (Å²) in [6, 6.07) is 13.5. The second-order valence-electron chi connectivity index (χ2n) is 9.07. The fraction of sp³-hybridized carbons (Fsp3) is 0.560. The van der Waals surface area contributed by atoms with Crippen molar-refractivity contribution in [3.63, 3.8) is 0 Å². The summed E-state index contributed by atoms with van der Waals surface area (Å²) in [5.74, 6) is 3.40. The van der Waals surface area contributed by atoms with E-state index in [4.69, 9.17) is 9.72 Å². The number of rotatable bonds is 6. The predicted molar refractivity (Wildman–Crippen MR) is 115 cm³/mol. The Labute approximate surface area is 170 Å². The number of methoxy groups -OCH3 is 1. The Hall–Kier alpha value is -1.87. The van der Waals surface area contributed by atoms with Gasteiger partial charge in [-0.25, -0.2) is 4.98 Å². The standard InChI is InChI=1S/C25H34N2O/c1-17(2)21-7-5-6-8-23(21)24-16-27(14-13-18(24)3)15-20-11-12-22(19-9-10-19)25(26-20)28-4/h5-8,11-12,17-19,24H,9-10,13-16H2,1-4H3. The summed E-state index contributed by atoms with van der Waals surface area (Å²) >= 11 is 0. The lowest BCUT2D eigenvalue weighted by atomic mass is 9.78. The first kappa shape index (κ1) is 19.4. The van der Waals surface area contributed by atoms with E-state index in [0.717, 1.165) is 37.1 Å². The van der Waals surface area contributed by atoms with Crippen molar-refractivity contribution < 1.29 is 4.74 Å². The van der Waals surface area contributed by atoms with Gasteiger partial charge >= 0.3 is 0 Å². The SMILES string of the molecule is COc1nc(CN2CCC(C)C(c3ccccc3C(C)C)C2)ccc1C1CC1. The normalized spacial score (nSPS) is 23.2. The zero-order valence-corrected chi connectivity index (χ0v) is 17.8. The first-order chi connectivity index (χ1) is 13.6. The average Bonchev–Trinajstić information content (AvgIpc) is 3.54. The van der Waals surface area contributed by atoms with Crippen LogP contribution in [0, 0.1) is 5.92 Å². The Morgan fingerprint density at radius 1 is 1.07 bits per heavy atom. The van der Waals surface area contributed by atoms with E-state index in [1.165, 1.54) is 30.4 Å². The zero-order chi connectivity index (χ0) is 19.7. The van der Waals surface area contributed by atoms with E-state index in [2.05, 4.69) is 62.1 Å². The summed E-state index contributed by atoms with van der Waals surface area (Å²) in [6.45, 7) is 10.2. The van der Waals surface area contributed by atoms with Crippen molar-refractivity contribution in [2.24, 2.45) is 5.92 Å². The molecule has 1 saturated carbocycles. The number of benzene rings is 1. The molecule has 1 aromatic heterocycles. The molecule has 2 heterocycles. The minimum absolute atomic E-state index is 0.569. The molecule has 2 unspecified atom stereocenters. The molecule has 0 amide bonds. The van der Waals surface area contributed by atoms with E-state index in [1.54, 1.807) is 12.7 Å². The lowest BCUT2D eigenvalue weighted by Gasteiger charge is -2.38. The molecular formula is C25H34N2O. The molecule has 2 fully saturated rings. The third kappa shape index (κ3) is 4.10. The molecule has 2 aliphatic rings. The number of pyridine rings is 1. The van der Waals surface area contributed by atoms with Crippen LogP contribution in [0.4, 0.5) is 0 Å². The van der Waals surface area contributed by atoms with Crippen molar-refractivity contribution in [3.05, 3.63) is 58.8 Å². The van der Waals surface area contributed by atoms with Gasteiger partial charge in [0.25, 0.3) is 0 Å². The molecule has 0 spiro atoms. The van der Waals surface area contributed by atoms with E-state index in [9.17, 15) is 0 Å². The highest BCUT2D eigenvalue weighted by atomic mass is 16.5. The molecule has 0 bridgehead atoms. The van der Waals surface area contributed by atoms with Gasteiger partial charge in [0.1, 0.15) is 0 Å². The fourth-order valence-corrected chi connectivity index (χ4v) is 4.73. The van der Waals surface area contributed by atoms with Crippen molar-refractivity contribution in [1.82, 2.24) is 9.88 Å². The lowest BCUT2D eigenvalue weighted by molar-refractivity contribution is 0.158. The minimum atomic E-state index is 0.569. The maximum Gasteiger partial charge on any atom is 0.216 e. The molecule has 1 aliphatic heterocycles. The Morgan fingerprint density at radius 3 is 2.57 bits per heavy atom. The number of ether oxygens (including phenoxy) is 1. The van der Waals surface area contributed by atoms with Gasteiger partial charge in [-0.2, -0.15) is 0 Å². The Bertz CT molecular complexity index is 812. The molecule has 1 saturated heterocycles. The van der Waals surface area contributed by atoms with Gasteiger partial charge in [0, 0.05) is 18.7 Å². The average molecular weight is 379 g/mol. The first-order valence-corrected chi connectivity index (χ1v) is 10.9. The summed E-state index contributed by atoms with van der Waals surface area (Å²) in [5, 5.41) is 0. The van der Waals surface area contributed by atoms with E-state index in [-0.39, 0.29) is 0 Å². The van der Waals surface area contributed by atoms with Crippen LogP contribution in [0.1, 0.15) is 80.2 Å². The van der Waals surface area contributed by atoms with Gasteiger partial charge in [0.2, 0.25) is 5.88 Å². The van der Waals surface area contributed by atoms with Crippen LogP contribution in [0.5, 0.6) is 5.88 Å². The quantitative estimate of drug-likeness (QED) is 0.643. The molecule has 0 radical (unpaired) electrons. The van der Waals surface area contributed by atoms with Gasteiger partial charge in [-0.1, -0.05) is 51.1 Å². The van der Waals surface area contributed by atoms with Crippen molar-refractivity contribution in [2.75, 3.05) is 20.2 Å². The molecule has 4 rings (SSSR count). The molecule has 0 N–H and O–H groups in total. The first-order valence-electron chi connectivity index (χ1n) is 10.9. The van der Waals surface area contributed by atoms with E-state index in [0.29, 0.717) is 17.8 Å². The summed E-state index contributed by atoms with van der Waals surface area (Å²) in [7, 11) is 1.75. The summed E-state index contributed by atoms with van der Waals surface area (Å²) in [5.41, 5.74) is 5.48. The van der Waals surface area contributed by atoms with E-state index < -0.39 is 0 Å². The molecule has 1 aromatic carbocycles. The van der Waals surface area contributed by atoms with Crippen molar-refractivity contribution in [1.29, 1.82) is 0 Å². The van der Waals surface area contributed by atoms with Crippen LogP contribution < -0.4 is 4.74 Å². The van der Waals surface area contributed by atoms with Crippen molar-refractivity contribution in [3.8, 4) is 5.88 Å². The smallest absolute Gasteiger partial charge is 0.216 e. The van der Waals surface area contributed by atoms with Gasteiger partial charge in [0.15, 0.2) is 0 Å². The van der Waals surface area contributed by atoms with E-state index in [1.807, 2.05) is 0 Å². The van der Waals surface area contributed by atoms with Gasteiger partial charge in [-0.15, -0.1) is 0 Å². The molecule has 28 heavy (non-hydrogen) atoms. The van der Waals surface area contributed by atoms with Crippen molar-refractivity contribution in [2.45, 2.75) is 64.3 Å². The van der Waals surface area contributed by atoms with Crippen LogP contribution in [-0.4, -0.2) is 30.1 Å². The topological polar surface area (TPSA) is 25.4 Å². The van der Waals surface area contributed by atoms with Gasteiger partial charge in [0.05, 0.1) is 12.8 Å². The van der Waals surface area contributed by atoms with Gasteiger partial charge < -0.3 is 4.74 Å². The van der Waals surface area contributed by atoms with Crippen LogP contribution in [0.15, 0.2) is 36.4 Å². The summed E-state index contributed by atoms with van der Waals surface area (Å²) < 4.78 is 5.60. The predicted octanol–water partition coefficient (Wildman–Crippen LogP) is 5.72. The fourth-order valence-electron chi connectivity index (χ4n) is 4.73. The number of hydrogen-bond acceptors (Lipinski definition) is 3. The third-order valence-electron chi connectivity index (χ3n) is 6.60. The summed E-state index contributed by atoms with van der Waals surface area (Å²) in [4.78, 5) is 7.43. The highest BCUT2D eigenvalue weighted by Crippen LogP contribution is 2.43. The number of nitrogens with zero attached hydrogens (tertiary/aromatic N) is 2. The molecule has 2 atom stereocenters. The van der Waals surface area contributed by atoms with Crippen LogP contribution in [0.25, 0.3) is 0 Å². The van der Waals surface area contributed by atoms with Crippen LogP contribution in [0.3, 0.4) is 0 Å². The van der Waals surface area contributed by atoms with Crippen LogP contribution >= 0.6 is 0 Å². The highest BCUT2D eigenvalue weighted by molar-refractivity contribution is 5.35. The lowest BCUT2D eigenvalue weighted by Crippen LogP contribution is -2.38. The van der Waals surface area contributed by atoms with Gasteiger partial charge in [-0.3, -0.25) is 4.90 Å². The second kappa shape index (κ2) is 8.24. The number of aromatic nitrogens is 1.